The molecule has 0 spiro atoms. The third-order valence-electron chi connectivity index (χ3n) is 5.97. The van der Waals surface area contributed by atoms with Gasteiger partial charge in [-0.1, -0.05) is 77.3 Å². The highest BCUT2D eigenvalue weighted by atomic mass is 16.5. The van der Waals surface area contributed by atoms with E-state index in [2.05, 4.69) is 61.3 Å². The summed E-state index contributed by atoms with van der Waals surface area (Å²) >= 11 is 0. The first-order valence-corrected chi connectivity index (χ1v) is 12.5. The van der Waals surface area contributed by atoms with Gasteiger partial charge in [0.15, 0.2) is 0 Å². The van der Waals surface area contributed by atoms with E-state index in [9.17, 15) is 4.79 Å². The molecule has 0 saturated heterocycles. The number of hydrogen-bond acceptors (Lipinski definition) is 4. The van der Waals surface area contributed by atoms with Crippen molar-refractivity contribution in [3.8, 4) is 17.0 Å². The van der Waals surface area contributed by atoms with E-state index in [0.29, 0.717) is 18.2 Å². The van der Waals surface area contributed by atoms with E-state index in [4.69, 9.17) is 4.74 Å². The van der Waals surface area contributed by atoms with Gasteiger partial charge in [0.1, 0.15) is 0 Å². The van der Waals surface area contributed by atoms with Gasteiger partial charge in [0.2, 0.25) is 5.88 Å². The first kappa shape index (κ1) is 26.2. The van der Waals surface area contributed by atoms with Crippen LogP contribution in [0.5, 0.6) is 5.88 Å². The highest BCUT2D eigenvalue weighted by Crippen LogP contribution is 2.34. The van der Waals surface area contributed by atoms with Crippen molar-refractivity contribution in [2.45, 2.75) is 66.3 Å². The van der Waals surface area contributed by atoms with Crippen LogP contribution in [0.3, 0.4) is 0 Å². The molecule has 0 aliphatic rings. The lowest BCUT2D eigenvalue weighted by atomic mass is 9.83. The third-order valence-corrected chi connectivity index (χ3v) is 5.97. The maximum Gasteiger partial charge on any atom is 0.319 e. The Morgan fingerprint density at radius 2 is 1.83 bits per heavy atom. The van der Waals surface area contributed by atoms with Gasteiger partial charge in [0.25, 0.3) is 0 Å². The second kappa shape index (κ2) is 12.3. The molecule has 2 aromatic heterocycles. The standard InChI is InChI=1S/C29H38N4O2/c1-6-7-8-11-17-35-26-18-24(23-15-10-9-13-21(23)2)25(20-31-26)32-28(34)33-27(29(3,4)5)22-14-12-16-30-19-22/h9-10,12-16,18-20,27H,6-8,11,17H2,1-5H3,(H2,32,33,34). The van der Waals surface area contributed by atoms with Crippen molar-refractivity contribution >= 4 is 11.7 Å². The fourth-order valence-corrected chi connectivity index (χ4v) is 4.05. The van der Waals surface area contributed by atoms with Crippen LogP contribution in [0.25, 0.3) is 11.1 Å². The van der Waals surface area contributed by atoms with Gasteiger partial charge >= 0.3 is 6.03 Å². The number of pyridine rings is 2. The first-order chi connectivity index (χ1) is 16.8. The lowest BCUT2D eigenvalue weighted by molar-refractivity contribution is 0.229. The molecule has 186 valence electrons. The number of unbranched alkanes of at least 4 members (excludes halogenated alkanes) is 3. The number of rotatable bonds is 10. The van der Waals surface area contributed by atoms with E-state index in [1.807, 2.05) is 36.4 Å². The molecule has 0 aliphatic carbocycles. The molecule has 6 heteroatoms. The van der Waals surface area contributed by atoms with E-state index in [1.165, 1.54) is 12.8 Å². The van der Waals surface area contributed by atoms with Crippen LogP contribution in [0.1, 0.15) is 70.5 Å². The number of nitrogens with zero attached hydrogens (tertiary/aromatic N) is 2. The second-order valence-electron chi connectivity index (χ2n) is 9.98. The largest absolute Gasteiger partial charge is 0.478 e. The van der Waals surface area contributed by atoms with Crippen LogP contribution in [0.15, 0.2) is 61.1 Å². The summed E-state index contributed by atoms with van der Waals surface area (Å²) in [5.41, 5.74) is 4.41. The molecule has 0 radical (unpaired) electrons. The van der Waals surface area contributed by atoms with E-state index in [0.717, 1.165) is 35.1 Å². The normalized spacial score (nSPS) is 12.1. The van der Waals surface area contributed by atoms with E-state index in [1.54, 1.807) is 18.6 Å². The predicted molar refractivity (Wildman–Crippen MR) is 143 cm³/mol. The number of aromatic nitrogens is 2. The first-order valence-electron chi connectivity index (χ1n) is 12.5. The number of hydrogen-bond donors (Lipinski definition) is 2. The minimum atomic E-state index is -0.293. The molecule has 2 amide bonds. The predicted octanol–water partition coefficient (Wildman–Crippen LogP) is 7.32. The maximum absolute atomic E-state index is 13.2. The monoisotopic (exact) mass is 474 g/mol. The van der Waals surface area contributed by atoms with Crippen molar-refractivity contribution < 1.29 is 9.53 Å². The third kappa shape index (κ3) is 7.54. The number of urea groups is 1. The quantitative estimate of drug-likeness (QED) is 0.302. The smallest absolute Gasteiger partial charge is 0.319 e. The van der Waals surface area contributed by atoms with Crippen LogP contribution in [-0.4, -0.2) is 22.6 Å². The molecular weight excluding hydrogens is 436 g/mol. The van der Waals surface area contributed by atoms with E-state index < -0.39 is 0 Å². The molecular formula is C29H38N4O2. The highest BCUT2D eigenvalue weighted by Gasteiger charge is 2.28. The van der Waals surface area contributed by atoms with Gasteiger partial charge < -0.3 is 15.4 Å². The summed E-state index contributed by atoms with van der Waals surface area (Å²) in [5, 5.41) is 6.17. The van der Waals surface area contributed by atoms with Gasteiger partial charge in [-0.25, -0.2) is 9.78 Å². The number of anilines is 1. The summed E-state index contributed by atoms with van der Waals surface area (Å²) < 4.78 is 5.94. The van der Waals surface area contributed by atoms with Crippen LogP contribution >= 0.6 is 0 Å². The van der Waals surface area contributed by atoms with Crippen LogP contribution in [0, 0.1) is 12.3 Å². The summed E-state index contributed by atoms with van der Waals surface area (Å²) in [7, 11) is 0. The molecule has 0 aliphatic heterocycles. The Morgan fingerprint density at radius 1 is 1.03 bits per heavy atom. The van der Waals surface area contributed by atoms with Crippen molar-refractivity contribution in [1.29, 1.82) is 0 Å². The van der Waals surface area contributed by atoms with Gasteiger partial charge in [-0.15, -0.1) is 0 Å². The fourth-order valence-electron chi connectivity index (χ4n) is 4.05. The molecule has 1 unspecified atom stereocenters. The molecule has 0 saturated carbocycles. The molecule has 0 bridgehead atoms. The van der Waals surface area contributed by atoms with Crippen molar-refractivity contribution in [1.82, 2.24) is 15.3 Å². The van der Waals surface area contributed by atoms with Crippen molar-refractivity contribution in [2.24, 2.45) is 5.41 Å². The highest BCUT2D eigenvalue weighted by molar-refractivity contribution is 5.95. The Hall–Kier alpha value is -3.41. The molecule has 2 N–H and O–H groups in total. The van der Waals surface area contributed by atoms with Gasteiger partial charge in [-0.05, 0) is 41.5 Å². The number of ether oxygens (including phenoxy) is 1. The Kier molecular flexibility index (Phi) is 9.24. The number of aryl methyl sites for hydroxylation is 1. The van der Waals surface area contributed by atoms with Gasteiger partial charge in [0.05, 0.1) is 24.5 Å². The Morgan fingerprint density at radius 3 is 2.51 bits per heavy atom. The summed E-state index contributed by atoms with van der Waals surface area (Å²) in [6.07, 6.45) is 9.75. The van der Waals surface area contributed by atoms with Crippen LogP contribution in [0.4, 0.5) is 10.5 Å². The molecule has 1 aromatic carbocycles. The molecule has 3 rings (SSSR count). The molecule has 0 fully saturated rings. The number of carbonyl (C=O) groups excluding carboxylic acids is 1. The topological polar surface area (TPSA) is 76.1 Å². The van der Waals surface area contributed by atoms with Gasteiger partial charge in [-0.3, -0.25) is 4.98 Å². The zero-order valence-electron chi connectivity index (χ0n) is 21.6. The van der Waals surface area contributed by atoms with Crippen LogP contribution < -0.4 is 15.4 Å². The SMILES string of the molecule is CCCCCCOc1cc(-c2ccccc2C)c(NC(=O)NC(c2cccnc2)C(C)(C)C)cn1. The number of carbonyl (C=O) groups is 1. The number of amides is 2. The van der Waals surface area contributed by atoms with Gasteiger partial charge in [-0.2, -0.15) is 0 Å². The number of nitrogens with one attached hydrogen (secondary N) is 2. The minimum absolute atomic E-state index is 0.201. The molecule has 35 heavy (non-hydrogen) atoms. The fraction of sp³-hybridized carbons (Fsp3) is 0.414. The summed E-state index contributed by atoms with van der Waals surface area (Å²) in [4.78, 5) is 21.9. The molecule has 3 aromatic rings. The summed E-state index contributed by atoms with van der Waals surface area (Å²) in [5.74, 6) is 0.564. The Labute approximate surface area is 209 Å². The molecule has 1 atom stereocenters. The minimum Gasteiger partial charge on any atom is -0.478 e. The van der Waals surface area contributed by atoms with E-state index >= 15 is 0 Å². The van der Waals surface area contributed by atoms with Gasteiger partial charge in [0, 0.05) is 24.0 Å². The Bertz CT molecular complexity index is 1090. The van der Waals surface area contributed by atoms with E-state index in [-0.39, 0.29) is 17.5 Å². The van der Waals surface area contributed by atoms with Crippen molar-refractivity contribution in [3.05, 3.63) is 72.2 Å². The maximum atomic E-state index is 13.2. The average molecular weight is 475 g/mol. The number of benzene rings is 1. The summed E-state index contributed by atoms with van der Waals surface area (Å²) in [6, 6.07) is 13.4. The average Bonchev–Trinajstić information content (AvgIpc) is 2.83. The Balaban J connectivity index is 1.83. The van der Waals surface area contributed by atoms with Crippen molar-refractivity contribution in [3.63, 3.8) is 0 Å². The summed E-state index contributed by atoms with van der Waals surface area (Å²) in [6.45, 7) is 11.2. The lowest BCUT2D eigenvalue weighted by Gasteiger charge is -2.31. The zero-order chi connectivity index (χ0) is 25.3. The molecule has 6 nitrogen and oxygen atoms in total. The zero-order valence-corrected chi connectivity index (χ0v) is 21.6. The molecule has 2 heterocycles. The second-order valence-corrected chi connectivity index (χ2v) is 9.98. The van der Waals surface area contributed by atoms with Crippen molar-refractivity contribution in [2.75, 3.05) is 11.9 Å². The van der Waals surface area contributed by atoms with Crippen LogP contribution in [0.2, 0.25) is 0 Å². The van der Waals surface area contributed by atoms with Crippen LogP contribution in [-0.2, 0) is 0 Å². The lowest BCUT2D eigenvalue weighted by Crippen LogP contribution is -2.39.